The van der Waals surface area contributed by atoms with E-state index in [1.807, 2.05) is 0 Å². The number of hydrogen-bond acceptors (Lipinski definition) is 10. The number of carboxylic acid groups (broad SMARTS) is 2. The van der Waals surface area contributed by atoms with Crippen molar-refractivity contribution >= 4 is 88.1 Å². The molecule has 17 heavy (non-hydrogen) atoms. The van der Waals surface area contributed by atoms with Crippen LogP contribution in [0.3, 0.4) is 0 Å². The van der Waals surface area contributed by atoms with Crippen LogP contribution in [0.2, 0.25) is 0 Å². The molecule has 0 amide bonds. The maximum absolute atomic E-state index is 8.64. The second-order valence-electron chi connectivity index (χ2n) is 0.609. The summed E-state index contributed by atoms with van der Waals surface area (Å²) < 4.78 is 0. The van der Waals surface area contributed by atoms with Gasteiger partial charge in [0.25, 0.3) is 6.47 Å². The van der Waals surface area contributed by atoms with Gasteiger partial charge in [0.05, 0.1) is 0 Å². The SMILES string of the molecule is O.O=C([O-])[O-].O=C=O.O=C=O.O=CO[O-].[K][K]. The Hall–Kier alpha value is 0.693. The predicted molar refractivity (Wildman–Crippen MR) is 37.7 cm³/mol. The fraction of sp³-hybridized carbons (Fsp3) is 0. The Labute approximate surface area is 139 Å². The van der Waals surface area contributed by atoms with Gasteiger partial charge in [0, 0.05) is 0 Å². The molecule has 0 saturated carbocycles. The van der Waals surface area contributed by atoms with Gasteiger partial charge in [-0.2, -0.15) is 19.2 Å². The second kappa shape index (κ2) is 69.5. The third-order valence-corrected chi connectivity index (χ3v) is 0.0393. The first kappa shape index (κ1) is 36.1. The average molecular weight is 305 g/mol. The molecule has 13 heteroatoms. The zero-order chi connectivity index (χ0) is 14.4. The molecule has 0 aromatic carbocycles. The van der Waals surface area contributed by atoms with Crippen LogP contribution in [0.1, 0.15) is 0 Å². The molecule has 0 aromatic heterocycles. The van der Waals surface area contributed by atoms with Crippen LogP contribution >= 0.6 is 0 Å². The van der Waals surface area contributed by atoms with Crippen molar-refractivity contribution in [2.45, 2.75) is 0 Å². The number of carbonyl (C=O) groups excluding carboxylic acids is 6. The van der Waals surface area contributed by atoms with Crippen molar-refractivity contribution in [2.75, 3.05) is 0 Å². The van der Waals surface area contributed by atoms with E-state index in [9.17, 15) is 0 Å². The van der Waals surface area contributed by atoms with E-state index in [1.165, 1.54) is 63.2 Å². The number of rotatable bonds is 1. The minimum atomic E-state index is -2.33. The van der Waals surface area contributed by atoms with Crippen molar-refractivity contribution in [1.82, 2.24) is 0 Å². The van der Waals surface area contributed by atoms with Gasteiger partial charge in [0.1, 0.15) is 0 Å². The molecule has 0 aromatic rings. The molecule has 0 aliphatic carbocycles. The fourth-order valence-electron chi connectivity index (χ4n) is 0. The van der Waals surface area contributed by atoms with Crippen LogP contribution in [-0.4, -0.2) is 93.6 Å². The van der Waals surface area contributed by atoms with Gasteiger partial charge in [0.15, 0.2) is 0 Å². The van der Waals surface area contributed by atoms with Gasteiger partial charge in [-0.15, -0.1) is 0 Å². The monoisotopic (exact) mass is 305 g/mol. The molecule has 0 radical (unpaired) electrons. The first-order chi connectivity index (χ1) is 7.47. The van der Waals surface area contributed by atoms with Crippen molar-refractivity contribution in [3.05, 3.63) is 0 Å². The Kier molecular flexibility index (Phi) is 147. The zero-order valence-corrected chi connectivity index (χ0v) is 14.9. The van der Waals surface area contributed by atoms with Crippen LogP contribution in [0.25, 0.3) is 0 Å². The van der Waals surface area contributed by atoms with Crippen molar-refractivity contribution in [1.29, 1.82) is 0 Å². The second-order valence-corrected chi connectivity index (χ2v) is 0.609. The van der Waals surface area contributed by atoms with Crippen LogP contribution in [0.5, 0.6) is 0 Å². The summed E-state index contributed by atoms with van der Waals surface area (Å²) in [5.41, 5.74) is 0. The standard InChI is InChI=1S/2CH2O3.2CO2.2K.H2O/c2-1-4-3;2-1(3)4;2*2-1-3;;;/h1,3H;(H2,2,3,4);;;;;1H2/p-3. The summed E-state index contributed by atoms with van der Waals surface area (Å²) in [6.45, 7) is -0.181. The number of carbonyl (C=O) groups is 2. The zero-order valence-electron chi connectivity index (χ0n) is 8.66. The Morgan fingerprint density at radius 1 is 1.06 bits per heavy atom. The van der Waals surface area contributed by atoms with E-state index in [2.05, 4.69) is 4.89 Å². The van der Waals surface area contributed by atoms with Crippen LogP contribution in [0, 0.1) is 0 Å². The fourth-order valence-corrected chi connectivity index (χ4v) is 0. The van der Waals surface area contributed by atoms with E-state index in [0.29, 0.717) is 0 Å². The van der Waals surface area contributed by atoms with Crippen molar-refractivity contribution in [2.24, 2.45) is 0 Å². The van der Waals surface area contributed by atoms with Crippen LogP contribution in [0.15, 0.2) is 0 Å². The summed E-state index contributed by atoms with van der Waals surface area (Å²) in [4.78, 5) is 52.1. The first-order valence-corrected chi connectivity index (χ1v) is 19.1. The molecule has 0 saturated heterocycles. The van der Waals surface area contributed by atoms with Gasteiger partial charge < -0.3 is 30.6 Å². The molecule has 0 aliphatic rings. The maximum atomic E-state index is 8.64. The predicted octanol–water partition coefficient (Wildman–Crippen LogP) is -6.77. The van der Waals surface area contributed by atoms with Gasteiger partial charge in [0.2, 0.25) is 0 Å². The Bertz CT molecular complexity index is 176. The van der Waals surface area contributed by atoms with E-state index in [1.54, 1.807) is 0 Å². The molecule has 0 unspecified atom stereocenters. The Morgan fingerprint density at radius 3 is 1.12 bits per heavy atom. The summed E-state index contributed by atoms with van der Waals surface area (Å²) >= 11 is 2.50. The number of hydrogen-bond donors (Lipinski definition) is 0. The molecule has 2 N–H and O–H groups in total. The molecular weight excluding hydrogens is 302 g/mol. The Balaban J connectivity index is -0.0000000224. The summed E-state index contributed by atoms with van der Waals surface area (Å²) in [5, 5.41) is 25.1. The van der Waals surface area contributed by atoms with Crippen LogP contribution in [0.4, 0.5) is 4.79 Å². The van der Waals surface area contributed by atoms with E-state index in [-0.39, 0.29) is 24.3 Å². The van der Waals surface area contributed by atoms with E-state index in [0.717, 1.165) is 0 Å². The molecule has 0 spiro atoms. The van der Waals surface area contributed by atoms with Crippen molar-refractivity contribution in [3.63, 3.8) is 0 Å². The molecular formula is C4H3K2O11-3. The topological polar surface area (TPSA) is 212 Å². The van der Waals surface area contributed by atoms with Crippen molar-refractivity contribution < 1.29 is 54.6 Å². The van der Waals surface area contributed by atoms with Gasteiger partial charge in [-0.05, 0) is 6.16 Å². The normalized spacial score (nSPS) is 4.06. The van der Waals surface area contributed by atoms with Crippen molar-refractivity contribution in [3.8, 4) is 0 Å². The Morgan fingerprint density at radius 2 is 1.12 bits per heavy atom. The summed E-state index contributed by atoms with van der Waals surface area (Å²) in [6, 6.07) is 0. The quantitative estimate of drug-likeness (QED) is 0.193. The summed E-state index contributed by atoms with van der Waals surface area (Å²) in [7, 11) is 0. The van der Waals surface area contributed by atoms with Crippen LogP contribution in [-0.2, 0) is 28.9 Å². The molecule has 0 bridgehead atoms. The molecule has 0 rings (SSSR count). The average Bonchev–Trinajstić information content (AvgIpc) is 2.22. The molecule has 0 fully saturated rings. The van der Waals surface area contributed by atoms with Gasteiger partial charge in [-0.25, -0.2) is 0 Å². The van der Waals surface area contributed by atoms with Crippen LogP contribution < -0.4 is 15.5 Å². The van der Waals surface area contributed by atoms with E-state index < -0.39 is 6.16 Å². The molecule has 0 aliphatic heterocycles. The van der Waals surface area contributed by atoms with Gasteiger partial charge >= 0.3 is 75.5 Å². The summed E-state index contributed by atoms with van der Waals surface area (Å²) in [6.07, 6.45) is -1.83. The third kappa shape index (κ3) is 1260. The van der Waals surface area contributed by atoms with Gasteiger partial charge in [-0.1, -0.05) is 0 Å². The van der Waals surface area contributed by atoms with E-state index >= 15 is 0 Å². The summed E-state index contributed by atoms with van der Waals surface area (Å²) in [5.74, 6) is 0. The first-order valence-electron chi connectivity index (χ1n) is 3.07. The molecule has 0 heterocycles. The molecule has 0 atom stereocenters. The molecule has 90 valence electrons. The minimum absolute atomic E-state index is 0. The third-order valence-electron chi connectivity index (χ3n) is 0.0393. The molecule has 11 nitrogen and oxygen atoms in total. The van der Waals surface area contributed by atoms with E-state index in [4.69, 9.17) is 44.2 Å². The van der Waals surface area contributed by atoms with Gasteiger partial charge in [-0.3, -0.25) is 4.79 Å².